The highest BCUT2D eigenvalue weighted by Gasteiger charge is 2.26. The van der Waals surface area contributed by atoms with Crippen molar-refractivity contribution in [3.63, 3.8) is 0 Å². The predicted octanol–water partition coefficient (Wildman–Crippen LogP) is 5.25. The molecule has 2 aliphatic carbocycles. The van der Waals surface area contributed by atoms with Crippen LogP contribution in [0.3, 0.4) is 0 Å². The first-order chi connectivity index (χ1) is 12.6. The fourth-order valence-electron chi connectivity index (χ4n) is 4.27. The molecule has 132 valence electrons. The maximum absolute atomic E-state index is 13.0. The summed E-state index contributed by atoms with van der Waals surface area (Å²) in [6, 6.07) is 15.7. The lowest BCUT2D eigenvalue weighted by Gasteiger charge is -2.24. The number of fused-ring (bicyclic) bond motifs is 2. The third-order valence-electron chi connectivity index (χ3n) is 5.88. The molecule has 0 aromatic heterocycles. The van der Waals surface area contributed by atoms with E-state index in [2.05, 4.69) is 6.92 Å². The van der Waals surface area contributed by atoms with E-state index >= 15 is 0 Å². The second-order valence-corrected chi connectivity index (χ2v) is 7.72. The van der Waals surface area contributed by atoms with Gasteiger partial charge in [-0.05, 0) is 47.1 Å². The lowest BCUT2D eigenvalue weighted by molar-refractivity contribution is -0.119. The molecule has 2 aliphatic rings. The Kier molecular flexibility index (Phi) is 4.58. The smallest absolute Gasteiger partial charge is 0.167 e. The van der Waals surface area contributed by atoms with Crippen molar-refractivity contribution >= 4 is 17.1 Å². The van der Waals surface area contributed by atoms with Crippen LogP contribution in [0.4, 0.5) is 0 Å². The van der Waals surface area contributed by atoms with Gasteiger partial charge in [0.2, 0.25) is 0 Å². The van der Waals surface area contributed by atoms with Gasteiger partial charge in [0.1, 0.15) is 0 Å². The number of Topliss-reactive ketones (excluding diaryl/α,β-unsaturated/α-hetero) is 1. The quantitative estimate of drug-likeness (QED) is 0.697. The summed E-state index contributed by atoms with van der Waals surface area (Å²) in [5.41, 5.74) is 4.54. The largest absolute Gasteiger partial charge is 0.295 e. The van der Waals surface area contributed by atoms with E-state index in [1.807, 2.05) is 54.6 Å². The highest BCUT2D eigenvalue weighted by atomic mass is 16.1. The summed E-state index contributed by atoms with van der Waals surface area (Å²) in [4.78, 5) is 25.8. The Hall–Kier alpha value is -2.48. The van der Waals surface area contributed by atoms with Gasteiger partial charge in [-0.2, -0.15) is 0 Å². The molecule has 0 atom stereocenters. The Morgan fingerprint density at radius 2 is 1.50 bits per heavy atom. The standard InChI is InChI=1S/C24H24O2/c1-16-10-12-17(13-11-16)23(25)15-22-19-7-3-2-6-18(19)14-24(26)21-9-5-4-8-20(21)22/h2-9,15-17H,10-14H2,1H3/b22-15-. The monoisotopic (exact) mass is 344 g/mol. The topological polar surface area (TPSA) is 34.1 Å². The first kappa shape index (κ1) is 17.0. The van der Waals surface area contributed by atoms with E-state index in [4.69, 9.17) is 0 Å². The molecule has 1 fully saturated rings. The van der Waals surface area contributed by atoms with Crippen LogP contribution in [0.15, 0.2) is 54.6 Å². The highest BCUT2D eigenvalue weighted by Crippen LogP contribution is 2.35. The number of carbonyl (C=O) groups is 2. The first-order valence-electron chi connectivity index (χ1n) is 9.60. The number of hydrogen-bond donors (Lipinski definition) is 0. The van der Waals surface area contributed by atoms with Gasteiger partial charge >= 0.3 is 0 Å². The summed E-state index contributed by atoms with van der Waals surface area (Å²) in [6.45, 7) is 2.27. The molecule has 2 aromatic carbocycles. The van der Waals surface area contributed by atoms with Gasteiger partial charge in [0.15, 0.2) is 11.6 Å². The SMILES string of the molecule is CC1CCC(C(=O)/C=C2/c3ccccc3CC(=O)c3ccccc32)CC1. The molecule has 2 aromatic rings. The minimum Gasteiger partial charge on any atom is -0.295 e. The minimum absolute atomic E-state index is 0.121. The van der Waals surface area contributed by atoms with Crippen LogP contribution in [0.5, 0.6) is 0 Å². The molecule has 0 amide bonds. The second-order valence-electron chi connectivity index (χ2n) is 7.72. The summed E-state index contributed by atoms with van der Waals surface area (Å²) in [5.74, 6) is 1.18. The van der Waals surface area contributed by atoms with Gasteiger partial charge in [-0.1, -0.05) is 68.3 Å². The zero-order valence-electron chi connectivity index (χ0n) is 15.2. The predicted molar refractivity (Wildman–Crippen MR) is 104 cm³/mol. The van der Waals surface area contributed by atoms with E-state index in [0.717, 1.165) is 59.4 Å². The molecule has 0 N–H and O–H groups in total. The van der Waals surface area contributed by atoms with Gasteiger partial charge in [-0.15, -0.1) is 0 Å². The Labute approximate surface area is 154 Å². The van der Waals surface area contributed by atoms with Crippen LogP contribution < -0.4 is 0 Å². The van der Waals surface area contributed by atoms with Crippen molar-refractivity contribution in [3.05, 3.63) is 76.9 Å². The Morgan fingerprint density at radius 3 is 2.23 bits per heavy atom. The lowest BCUT2D eigenvalue weighted by Crippen LogP contribution is -2.19. The van der Waals surface area contributed by atoms with Crippen molar-refractivity contribution in [3.8, 4) is 0 Å². The van der Waals surface area contributed by atoms with Crippen molar-refractivity contribution < 1.29 is 9.59 Å². The lowest BCUT2D eigenvalue weighted by atomic mass is 9.80. The van der Waals surface area contributed by atoms with Crippen LogP contribution in [0.1, 0.15) is 59.7 Å². The van der Waals surface area contributed by atoms with Crippen LogP contribution in [0.2, 0.25) is 0 Å². The van der Waals surface area contributed by atoms with Crippen molar-refractivity contribution in [2.45, 2.75) is 39.0 Å². The molecule has 2 heteroatoms. The fraction of sp³-hybridized carbons (Fsp3) is 0.333. The third-order valence-corrected chi connectivity index (χ3v) is 5.88. The number of hydrogen-bond acceptors (Lipinski definition) is 2. The molecule has 0 unspecified atom stereocenters. The average Bonchev–Trinajstić information content (AvgIpc) is 2.78. The Morgan fingerprint density at radius 1 is 0.885 bits per heavy atom. The number of ketones is 2. The van der Waals surface area contributed by atoms with E-state index in [9.17, 15) is 9.59 Å². The van der Waals surface area contributed by atoms with Crippen molar-refractivity contribution in [1.82, 2.24) is 0 Å². The molecule has 1 saturated carbocycles. The molecule has 4 rings (SSSR count). The van der Waals surface area contributed by atoms with Crippen LogP contribution >= 0.6 is 0 Å². The molecule has 2 nitrogen and oxygen atoms in total. The molecule has 0 spiro atoms. The van der Waals surface area contributed by atoms with Crippen molar-refractivity contribution in [1.29, 1.82) is 0 Å². The Bertz CT molecular complexity index is 883. The molecule has 0 saturated heterocycles. The molecule has 26 heavy (non-hydrogen) atoms. The number of allylic oxidation sites excluding steroid dienone is 1. The maximum Gasteiger partial charge on any atom is 0.167 e. The number of benzene rings is 2. The zero-order valence-corrected chi connectivity index (χ0v) is 15.2. The van der Waals surface area contributed by atoms with Crippen molar-refractivity contribution in [2.24, 2.45) is 11.8 Å². The van der Waals surface area contributed by atoms with Crippen LogP contribution in [-0.4, -0.2) is 11.6 Å². The summed E-state index contributed by atoms with van der Waals surface area (Å²) in [7, 11) is 0. The number of rotatable bonds is 2. The van der Waals surface area contributed by atoms with E-state index in [1.165, 1.54) is 0 Å². The molecular weight excluding hydrogens is 320 g/mol. The average molecular weight is 344 g/mol. The van der Waals surface area contributed by atoms with E-state index in [0.29, 0.717) is 6.42 Å². The molecule has 0 radical (unpaired) electrons. The maximum atomic E-state index is 13.0. The summed E-state index contributed by atoms with van der Waals surface area (Å²) in [6.07, 6.45) is 6.42. The second kappa shape index (κ2) is 7.03. The molecular formula is C24H24O2. The molecule has 0 bridgehead atoms. The van der Waals surface area contributed by atoms with E-state index in [1.54, 1.807) is 0 Å². The van der Waals surface area contributed by atoms with Crippen LogP contribution in [-0.2, 0) is 11.2 Å². The highest BCUT2D eigenvalue weighted by molar-refractivity contribution is 6.10. The summed E-state index contributed by atoms with van der Waals surface area (Å²) < 4.78 is 0. The van der Waals surface area contributed by atoms with Gasteiger partial charge in [-0.3, -0.25) is 9.59 Å². The summed E-state index contributed by atoms with van der Waals surface area (Å²) in [5, 5.41) is 0. The van der Waals surface area contributed by atoms with Gasteiger partial charge in [0.05, 0.1) is 0 Å². The fourth-order valence-corrected chi connectivity index (χ4v) is 4.27. The zero-order chi connectivity index (χ0) is 18.1. The van der Waals surface area contributed by atoms with Gasteiger partial charge in [-0.25, -0.2) is 0 Å². The van der Waals surface area contributed by atoms with Crippen LogP contribution in [0, 0.1) is 11.8 Å². The molecule has 0 heterocycles. The minimum atomic E-state index is 0.121. The van der Waals surface area contributed by atoms with Gasteiger partial charge < -0.3 is 0 Å². The van der Waals surface area contributed by atoms with E-state index < -0.39 is 0 Å². The first-order valence-corrected chi connectivity index (χ1v) is 9.60. The van der Waals surface area contributed by atoms with Gasteiger partial charge in [0, 0.05) is 17.9 Å². The number of carbonyl (C=O) groups excluding carboxylic acids is 2. The summed E-state index contributed by atoms with van der Waals surface area (Å²) >= 11 is 0. The van der Waals surface area contributed by atoms with Crippen molar-refractivity contribution in [2.75, 3.05) is 0 Å². The van der Waals surface area contributed by atoms with E-state index in [-0.39, 0.29) is 17.5 Å². The van der Waals surface area contributed by atoms with Crippen LogP contribution in [0.25, 0.3) is 5.57 Å². The molecule has 0 aliphatic heterocycles. The van der Waals surface area contributed by atoms with Gasteiger partial charge in [0.25, 0.3) is 0 Å². The normalized spacial score (nSPS) is 23.9. The Balaban J connectivity index is 1.80. The third kappa shape index (κ3) is 3.16.